The molecule has 3 amide bonds. The molecule has 1 heterocycles. The third-order valence-corrected chi connectivity index (χ3v) is 4.97. The molecule has 1 unspecified atom stereocenters. The number of carbonyl (C=O) groups excluding carboxylic acids is 2. The molecule has 1 aliphatic heterocycles. The molecule has 1 aromatic carbocycles. The zero-order valence-corrected chi connectivity index (χ0v) is 16.0. The van der Waals surface area contributed by atoms with E-state index in [1.807, 2.05) is 31.2 Å². The molecule has 0 saturated carbocycles. The molecular weight excluding hydrogens is 346 g/mol. The van der Waals surface area contributed by atoms with Crippen LogP contribution in [0.5, 0.6) is 0 Å². The molecule has 3 N–H and O–H groups in total. The van der Waals surface area contributed by atoms with Crippen LogP contribution in [0.1, 0.15) is 44.6 Å². The molecular formula is C20H29N3O4. The van der Waals surface area contributed by atoms with E-state index in [-0.39, 0.29) is 0 Å². The average Bonchev–Trinajstić information content (AvgIpc) is 2.67. The quantitative estimate of drug-likeness (QED) is 0.480. The van der Waals surface area contributed by atoms with Gasteiger partial charge in [0.1, 0.15) is 0 Å². The zero-order chi connectivity index (χ0) is 19.8. The number of para-hydroxylation sites is 1. The molecule has 1 aliphatic rings. The third kappa shape index (κ3) is 5.21. The zero-order valence-electron chi connectivity index (χ0n) is 16.0. The van der Waals surface area contributed by atoms with Crippen LogP contribution in [-0.2, 0) is 16.0 Å². The van der Waals surface area contributed by atoms with Gasteiger partial charge in [-0.25, -0.2) is 4.79 Å². The van der Waals surface area contributed by atoms with Gasteiger partial charge in [-0.1, -0.05) is 44.4 Å². The van der Waals surface area contributed by atoms with E-state index < -0.39 is 29.9 Å². The number of carboxylic acid groups (broad SMARTS) is 1. The van der Waals surface area contributed by atoms with Crippen molar-refractivity contribution < 1.29 is 19.5 Å². The Labute approximate surface area is 160 Å². The number of amides is 3. The van der Waals surface area contributed by atoms with E-state index in [4.69, 9.17) is 0 Å². The number of rotatable bonds is 8. The van der Waals surface area contributed by atoms with Gasteiger partial charge in [0, 0.05) is 19.3 Å². The van der Waals surface area contributed by atoms with Gasteiger partial charge in [0.05, 0.1) is 6.04 Å². The molecule has 0 aromatic heterocycles. The lowest BCUT2D eigenvalue weighted by molar-refractivity contribution is -0.147. The van der Waals surface area contributed by atoms with Gasteiger partial charge in [0.25, 0.3) is 0 Å². The van der Waals surface area contributed by atoms with Crippen molar-refractivity contribution in [3.63, 3.8) is 0 Å². The van der Waals surface area contributed by atoms with Crippen LogP contribution in [0, 0.1) is 5.92 Å². The number of benzene rings is 1. The van der Waals surface area contributed by atoms with Crippen molar-refractivity contribution in [2.75, 3.05) is 18.5 Å². The summed E-state index contributed by atoms with van der Waals surface area (Å²) in [5, 5.41) is 14.9. The summed E-state index contributed by atoms with van der Waals surface area (Å²) in [4.78, 5) is 38.6. The van der Waals surface area contributed by atoms with Gasteiger partial charge < -0.3 is 20.6 Å². The van der Waals surface area contributed by atoms with Crippen molar-refractivity contribution in [3.05, 3.63) is 29.8 Å². The summed E-state index contributed by atoms with van der Waals surface area (Å²) < 4.78 is 0. The van der Waals surface area contributed by atoms with Gasteiger partial charge in [0.2, 0.25) is 5.91 Å². The van der Waals surface area contributed by atoms with E-state index in [1.165, 1.54) is 7.05 Å². The molecule has 0 radical (unpaired) electrons. The Morgan fingerprint density at radius 2 is 1.96 bits per heavy atom. The van der Waals surface area contributed by atoms with Gasteiger partial charge in [-0.15, -0.1) is 0 Å². The fourth-order valence-corrected chi connectivity index (χ4v) is 3.56. The summed E-state index contributed by atoms with van der Waals surface area (Å²) in [6, 6.07) is 6.35. The van der Waals surface area contributed by atoms with Gasteiger partial charge in [-0.3, -0.25) is 9.59 Å². The monoisotopic (exact) mass is 375 g/mol. The summed E-state index contributed by atoms with van der Waals surface area (Å²) >= 11 is 0. The number of aliphatic carboxylic acids is 1. The minimum absolute atomic E-state index is 0.444. The van der Waals surface area contributed by atoms with Crippen molar-refractivity contribution in [2.45, 2.75) is 51.5 Å². The largest absolute Gasteiger partial charge is 0.481 e. The maximum Gasteiger partial charge on any atom is 0.318 e. The highest BCUT2D eigenvalue weighted by Crippen LogP contribution is 2.29. The SMILES string of the molecule is CCCCC[C@H](NC(=O)NC)C(C(=O)O)C(=O)N1CCCc2ccccc21. The van der Waals surface area contributed by atoms with E-state index >= 15 is 0 Å². The number of aryl methyl sites for hydroxylation is 1. The van der Waals surface area contributed by atoms with Crippen LogP contribution in [-0.4, -0.2) is 42.6 Å². The topological polar surface area (TPSA) is 98.7 Å². The molecule has 148 valence electrons. The normalized spacial score (nSPS) is 15.4. The number of anilines is 1. The Morgan fingerprint density at radius 3 is 2.63 bits per heavy atom. The first-order chi connectivity index (χ1) is 13.0. The highest BCUT2D eigenvalue weighted by molar-refractivity contribution is 6.07. The fourth-order valence-electron chi connectivity index (χ4n) is 3.56. The van der Waals surface area contributed by atoms with Gasteiger partial charge in [-0.2, -0.15) is 0 Å². The smallest absolute Gasteiger partial charge is 0.318 e. The summed E-state index contributed by atoms with van der Waals surface area (Å²) in [5.74, 6) is -2.99. The molecule has 2 rings (SSSR count). The summed E-state index contributed by atoms with van der Waals surface area (Å²) in [6.45, 7) is 2.53. The summed E-state index contributed by atoms with van der Waals surface area (Å²) in [7, 11) is 1.47. The maximum absolute atomic E-state index is 13.2. The van der Waals surface area contributed by atoms with Crippen LogP contribution >= 0.6 is 0 Å². The number of hydrogen-bond acceptors (Lipinski definition) is 3. The van der Waals surface area contributed by atoms with Crippen LogP contribution in [0.4, 0.5) is 10.5 Å². The fraction of sp³-hybridized carbons (Fsp3) is 0.550. The highest BCUT2D eigenvalue weighted by atomic mass is 16.4. The molecule has 0 saturated heterocycles. The Morgan fingerprint density at radius 1 is 1.22 bits per heavy atom. The molecule has 0 spiro atoms. The Kier molecular flexibility index (Phi) is 7.64. The van der Waals surface area contributed by atoms with Crippen molar-refractivity contribution in [3.8, 4) is 0 Å². The van der Waals surface area contributed by atoms with Crippen molar-refractivity contribution in [1.82, 2.24) is 10.6 Å². The third-order valence-electron chi connectivity index (χ3n) is 4.97. The molecule has 27 heavy (non-hydrogen) atoms. The first-order valence-corrected chi connectivity index (χ1v) is 9.60. The Hall–Kier alpha value is -2.57. The van der Waals surface area contributed by atoms with Crippen molar-refractivity contribution >= 4 is 23.6 Å². The summed E-state index contributed by atoms with van der Waals surface area (Å²) in [6.07, 6.45) is 4.74. The molecule has 7 heteroatoms. The number of nitrogens with one attached hydrogen (secondary N) is 2. The second kappa shape index (κ2) is 9.94. The van der Waals surface area contributed by atoms with Crippen molar-refractivity contribution in [1.29, 1.82) is 0 Å². The summed E-state index contributed by atoms with van der Waals surface area (Å²) in [5.41, 5.74) is 1.82. The maximum atomic E-state index is 13.2. The lowest BCUT2D eigenvalue weighted by atomic mass is 9.91. The van der Waals surface area contributed by atoms with Gasteiger partial charge in [-0.05, 0) is 30.9 Å². The molecule has 0 bridgehead atoms. The van der Waals surface area contributed by atoms with E-state index in [0.717, 1.165) is 43.4 Å². The second-order valence-corrected chi connectivity index (χ2v) is 6.86. The Bertz CT molecular complexity index is 677. The lowest BCUT2D eigenvalue weighted by Gasteiger charge is -2.33. The molecule has 0 aliphatic carbocycles. The van der Waals surface area contributed by atoms with E-state index in [1.54, 1.807) is 4.90 Å². The number of unbranched alkanes of at least 4 members (excludes halogenated alkanes) is 2. The highest BCUT2D eigenvalue weighted by Gasteiger charge is 2.39. The van der Waals surface area contributed by atoms with Crippen LogP contribution in [0.3, 0.4) is 0 Å². The first kappa shape index (κ1) is 20.7. The molecule has 7 nitrogen and oxygen atoms in total. The standard InChI is InChI=1S/C20H29N3O4/c1-3-4-5-11-15(22-20(27)21-2)17(19(25)26)18(24)23-13-8-10-14-9-6-7-12-16(14)23/h6-7,9,12,15,17H,3-5,8,10-11,13H2,1-2H3,(H,25,26)(H2,21,22,27)/t15-,17?/m0/s1. The van der Waals surface area contributed by atoms with E-state index in [0.29, 0.717) is 13.0 Å². The lowest BCUT2D eigenvalue weighted by Crippen LogP contribution is -2.53. The number of nitrogens with zero attached hydrogens (tertiary/aromatic N) is 1. The predicted octanol–water partition coefficient (Wildman–Crippen LogP) is 2.54. The minimum atomic E-state index is -1.31. The number of carbonyl (C=O) groups is 3. The molecule has 2 atom stereocenters. The first-order valence-electron chi connectivity index (χ1n) is 9.60. The van der Waals surface area contributed by atoms with Crippen LogP contribution < -0.4 is 15.5 Å². The number of fused-ring (bicyclic) bond motifs is 1. The average molecular weight is 375 g/mol. The van der Waals surface area contributed by atoms with Gasteiger partial charge >= 0.3 is 12.0 Å². The molecule has 0 fully saturated rings. The molecule has 1 aromatic rings. The second-order valence-electron chi connectivity index (χ2n) is 6.86. The number of urea groups is 1. The van der Waals surface area contributed by atoms with Crippen LogP contribution in [0.25, 0.3) is 0 Å². The number of carboxylic acids is 1. The van der Waals surface area contributed by atoms with Crippen LogP contribution in [0.15, 0.2) is 24.3 Å². The minimum Gasteiger partial charge on any atom is -0.481 e. The Balaban J connectivity index is 2.28. The van der Waals surface area contributed by atoms with Crippen molar-refractivity contribution in [2.24, 2.45) is 5.92 Å². The number of hydrogen-bond donors (Lipinski definition) is 3. The van der Waals surface area contributed by atoms with Gasteiger partial charge in [0.15, 0.2) is 5.92 Å². The predicted molar refractivity (Wildman–Crippen MR) is 104 cm³/mol. The van der Waals surface area contributed by atoms with E-state index in [2.05, 4.69) is 10.6 Å². The van der Waals surface area contributed by atoms with E-state index in [9.17, 15) is 19.5 Å². The van der Waals surface area contributed by atoms with Crippen LogP contribution in [0.2, 0.25) is 0 Å².